The Balaban J connectivity index is 2.43. The van der Waals surface area contributed by atoms with Crippen molar-refractivity contribution >= 4 is 5.91 Å². The highest BCUT2D eigenvalue weighted by Crippen LogP contribution is 2.18. The van der Waals surface area contributed by atoms with E-state index < -0.39 is 5.54 Å². The van der Waals surface area contributed by atoms with Crippen LogP contribution in [0, 0.1) is 0 Å². The van der Waals surface area contributed by atoms with Gasteiger partial charge in [0.1, 0.15) is 0 Å². The van der Waals surface area contributed by atoms with Gasteiger partial charge in [-0.1, -0.05) is 0 Å². The largest absolute Gasteiger partial charge is 0.368 e. The Kier molecular flexibility index (Phi) is 4.11. The van der Waals surface area contributed by atoms with Gasteiger partial charge in [0.25, 0.3) is 0 Å². The first kappa shape index (κ1) is 12.5. The first-order valence-electron chi connectivity index (χ1n) is 5.72. The molecule has 0 aromatic heterocycles. The van der Waals surface area contributed by atoms with Crippen molar-refractivity contribution in [1.82, 2.24) is 10.2 Å². The van der Waals surface area contributed by atoms with Crippen LogP contribution in [0.3, 0.4) is 0 Å². The average molecular weight is 213 g/mol. The molecule has 2 atom stereocenters. The molecule has 1 aliphatic rings. The van der Waals surface area contributed by atoms with E-state index in [1.54, 1.807) is 7.05 Å². The van der Waals surface area contributed by atoms with Gasteiger partial charge in [-0.05, 0) is 46.7 Å². The van der Waals surface area contributed by atoms with Crippen LogP contribution in [0.25, 0.3) is 0 Å². The minimum atomic E-state index is -0.567. The van der Waals surface area contributed by atoms with E-state index in [0.29, 0.717) is 6.04 Å². The lowest BCUT2D eigenvalue weighted by molar-refractivity contribution is -0.124. The van der Waals surface area contributed by atoms with Gasteiger partial charge in [0.15, 0.2) is 0 Å². The molecule has 15 heavy (non-hydrogen) atoms. The van der Waals surface area contributed by atoms with Crippen LogP contribution >= 0.6 is 0 Å². The first-order valence-corrected chi connectivity index (χ1v) is 5.72. The average Bonchev–Trinajstić information content (AvgIpc) is 2.60. The fourth-order valence-electron chi connectivity index (χ4n) is 2.06. The number of rotatable bonds is 5. The second kappa shape index (κ2) is 4.94. The minimum Gasteiger partial charge on any atom is -0.368 e. The summed E-state index contributed by atoms with van der Waals surface area (Å²) in [7, 11) is 1.79. The molecule has 0 aromatic carbocycles. The van der Waals surface area contributed by atoms with Crippen molar-refractivity contribution in [3.05, 3.63) is 0 Å². The van der Waals surface area contributed by atoms with Crippen molar-refractivity contribution in [1.29, 1.82) is 0 Å². The zero-order chi connectivity index (χ0) is 11.5. The summed E-state index contributed by atoms with van der Waals surface area (Å²) in [5.74, 6) is -0.267. The van der Waals surface area contributed by atoms with Crippen molar-refractivity contribution in [2.24, 2.45) is 5.73 Å². The highest BCUT2D eigenvalue weighted by molar-refractivity contribution is 5.84. The van der Waals surface area contributed by atoms with E-state index in [-0.39, 0.29) is 5.91 Å². The molecule has 1 saturated heterocycles. The number of hydrogen-bond acceptors (Lipinski definition) is 3. The predicted octanol–water partition coefficient (Wildman–Crippen LogP) is 0.324. The SMILES string of the molecule is CNC(C)(CCN1CCCC1C)C(N)=O. The van der Waals surface area contributed by atoms with Gasteiger partial charge in [0, 0.05) is 12.6 Å². The van der Waals surface area contributed by atoms with E-state index in [0.717, 1.165) is 19.5 Å². The maximum Gasteiger partial charge on any atom is 0.237 e. The van der Waals surface area contributed by atoms with Gasteiger partial charge < -0.3 is 16.0 Å². The van der Waals surface area contributed by atoms with Crippen molar-refractivity contribution in [3.8, 4) is 0 Å². The van der Waals surface area contributed by atoms with Crippen LogP contribution in [0.4, 0.5) is 0 Å². The number of hydrogen-bond donors (Lipinski definition) is 2. The summed E-state index contributed by atoms with van der Waals surface area (Å²) in [6, 6.07) is 0.652. The molecule has 0 saturated carbocycles. The van der Waals surface area contributed by atoms with Crippen LogP contribution in [0.15, 0.2) is 0 Å². The van der Waals surface area contributed by atoms with E-state index in [1.807, 2.05) is 6.92 Å². The standard InChI is InChI=1S/C11H23N3O/c1-9-5-4-7-14(9)8-6-11(2,13-3)10(12)15/h9,13H,4-8H2,1-3H3,(H2,12,15). The molecule has 0 spiro atoms. The molecule has 2 unspecified atom stereocenters. The molecule has 1 amide bonds. The van der Waals surface area contributed by atoms with Crippen molar-refractivity contribution in [3.63, 3.8) is 0 Å². The highest BCUT2D eigenvalue weighted by atomic mass is 16.1. The molecule has 3 N–H and O–H groups in total. The lowest BCUT2D eigenvalue weighted by Crippen LogP contribution is -2.53. The summed E-state index contributed by atoms with van der Waals surface area (Å²) < 4.78 is 0. The summed E-state index contributed by atoms with van der Waals surface area (Å²) in [5.41, 5.74) is 4.81. The third kappa shape index (κ3) is 2.92. The molecule has 88 valence electrons. The Bertz CT molecular complexity index is 232. The van der Waals surface area contributed by atoms with Gasteiger partial charge in [0.05, 0.1) is 5.54 Å². The van der Waals surface area contributed by atoms with Crippen LogP contribution in [0.5, 0.6) is 0 Å². The Morgan fingerprint density at radius 1 is 1.67 bits per heavy atom. The monoisotopic (exact) mass is 213 g/mol. The zero-order valence-electron chi connectivity index (χ0n) is 10.0. The van der Waals surface area contributed by atoms with Crippen molar-refractivity contribution < 1.29 is 4.79 Å². The smallest absolute Gasteiger partial charge is 0.237 e. The third-order valence-corrected chi connectivity index (χ3v) is 3.69. The maximum atomic E-state index is 11.3. The van der Waals surface area contributed by atoms with Crippen LogP contribution in [-0.2, 0) is 4.79 Å². The number of likely N-dealkylation sites (tertiary alicyclic amines) is 1. The number of nitrogens with one attached hydrogen (secondary N) is 1. The number of nitrogens with zero attached hydrogens (tertiary/aromatic N) is 1. The molecular weight excluding hydrogens is 190 g/mol. The minimum absolute atomic E-state index is 0.267. The Morgan fingerprint density at radius 3 is 2.73 bits per heavy atom. The molecule has 0 bridgehead atoms. The first-order chi connectivity index (χ1) is 6.99. The topological polar surface area (TPSA) is 58.4 Å². The quantitative estimate of drug-likeness (QED) is 0.691. The van der Waals surface area contributed by atoms with Crippen LogP contribution in [-0.4, -0.2) is 42.5 Å². The number of carbonyl (C=O) groups excluding carboxylic acids is 1. The van der Waals surface area contributed by atoms with Crippen molar-refractivity contribution in [2.45, 2.75) is 44.7 Å². The summed E-state index contributed by atoms with van der Waals surface area (Å²) in [6.45, 7) is 6.21. The Morgan fingerprint density at radius 2 is 2.33 bits per heavy atom. The summed E-state index contributed by atoms with van der Waals surface area (Å²) in [5, 5.41) is 3.02. The molecular formula is C11H23N3O. The number of amides is 1. The van der Waals surface area contributed by atoms with Gasteiger partial charge in [-0.2, -0.15) is 0 Å². The van der Waals surface area contributed by atoms with Crippen LogP contribution in [0.2, 0.25) is 0 Å². The third-order valence-electron chi connectivity index (χ3n) is 3.69. The van der Waals surface area contributed by atoms with Crippen molar-refractivity contribution in [2.75, 3.05) is 20.1 Å². The van der Waals surface area contributed by atoms with E-state index in [1.165, 1.54) is 12.8 Å². The van der Waals surface area contributed by atoms with Gasteiger partial charge in [0.2, 0.25) is 5.91 Å². The highest BCUT2D eigenvalue weighted by Gasteiger charge is 2.30. The number of likely N-dealkylation sites (N-methyl/N-ethyl adjacent to an activating group) is 1. The number of primary amides is 1. The van der Waals surface area contributed by atoms with E-state index in [9.17, 15) is 4.79 Å². The lowest BCUT2D eigenvalue weighted by Gasteiger charge is -2.29. The van der Waals surface area contributed by atoms with Gasteiger partial charge in [-0.25, -0.2) is 0 Å². The summed E-state index contributed by atoms with van der Waals surface area (Å²) >= 11 is 0. The van der Waals surface area contributed by atoms with Crippen LogP contribution < -0.4 is 11.1 Å². The normalized spacial score (nSPS) is 26.5. The molecule has 0 aliphatic carbocycles. The summed E-state index contributed by atoms with van der Waals surface area (Å²) in [6.07, 6.45) is 3.32. The Hall–Kier alpha value is -0.610. The second-order valence-corrected chi connectivity index (χ2v) is 4.72. The molecule has 1 fully saturated rings. The Labute approximate surface area is 92.2 Å². The molecule has 4 nitrogen and oxygen atoms in total. The predicted molar refractivity (Wildman–Crippen MR) is 61.5 cm³/mol. The number of carbonyl (C=O) groups is 1. The fourth-order valence-corrected chi connectivity index (χ4v) is 2.06. The van der Waals surface area contributed by atoms with Crippen LogP contribution in [0.1, 0.15) is 33.1 Å². The maximum absolute atomic E-state index is 11.3. The molecule has 1 aliphatic heterocycles. The van der Waals surface area contributed by atoms with E-state index >= 15 is 0 Å². The molecule has 4 heteroatoms. The van der Waals surface area contributed by atoms with Gasteiger partial charge in [-0.3, -0.25) is 4.79 Å². The summed E-state index contributed by atoms with van der Waals surface area (Å²) in [4.78, 5) is 13.7. The molecule has 1 heterocycles. The van der Waals surface area contributed by atoms with E-state index in [2.05, 4.69) is 17.1 Å². The molecule has 0 aromatic rings. The fraction of sp³-hybridized carbons (Fsp3) is 0.909. The molecule has 0 radical (unpaired) electrons. The van der Waals surface area contributed by atoms with E-state index in [4.69, 9.17) is 5.73 Å². The van der Waals surface area contributed by atoms with Gasteiger partial charge >= 0.3 is 0 Å². The van der Waals surface area contributed by atoms with Gasteiger partial charge in [-0.15, -0.1) is 0 Å². The second-order valence-electron chi connectivity index (χ2n) is 4.72. The molecule has 1 rings (SSSR count). The zero-order valence-corrected chi connectivity index (χ0v) is 10.0. The number of nitrogens with two attached hydrogens (primary N) is 1. The lowest BCUT2D eigenvalue weighted by atomic mass is 9.97.